The maximum Gasteiger partial charge on any atom is 0.313 e. The van der Waals surface area contributed by atoms with Gasteiger partial charge in [0.2, 0.25) is 5.82 Å². The molecule has 4 aromatic rings. The Morgan fingerprint density at radius 1 is 1.10 bits per heavy atom. The monoisotopic (exact) mass is 476 g/mol. The second-order valence-corrected chi connectivity index (χ2v) is 7.47. The number of aromatic nitrogens is 1. The zero-order chi connectivity index (χ0) is 21.6. The van der Waals surface area contributed by atoms with E-state index in [1.165, 1.54) is 29.1 Å². The van der Waals surface area contributed by atoms with Crippen LogP contribution in [0.5, 0.6) is 5.75 Å². The van der Waals surface area contributed by atoms with Crippen LogP contribution in [0.2, 0.25) is 0 Å². The number of benzene rings is 3. The third kappa shape index (κ3) is 4.87. The third-order valence-electron chi connectivity index (χ3n) is 4.59. The molecule has 0 amide bonds. The summed E-state index contributed by atoms with van der Waals surface area (Å²) in [5.74, 6) is 0.788. The van der Waals surface area contributed by atoms with Crippen molar-refractivity contribution in [1.82, 2.24) is 4.98 Å². The maximum absolute atomic E-state index is 11.0. The van der Waals surface area contributed by atoms with E-state index in [9.17, 15) is 10.1 Å². The van der Waals surface area contributed by atoms with Gasteiger partial charge in [-0.05, 0) is 62.1 Å². The summed E-state index contributed by atoms with van der Waals surface area (Å²) in [6.45, 7) is 0.443. The molecule has 4 rings (SSSR count). The third-order valence-corrected chi connectivity index (χ3v) is 5.21. The standard InChI is InChI=1S/C23H17BrN4O3/c24-20-13-16(14-26-27-23-21(28(29)30)9-4-12-25-23)10-11-22(20)31-15-18-7-3-6-17-5-1-2-8-19(17)18/h1-14H,15H2,(H,25,27)/b26-14+. The van der Waals surface area contributed by atoms with E-state index >= 15 is 0 Å². The molecule has 0 aliphatic rings. The summed E-state index contributed by atoms with van der Waals surface area (Å²) in [6.07, 6.45) is 3.02. The Hall–Kier alpha value is -3.78. The van der Waals surface area contributed by atoms with Gasteiger partial charge in [-0.3, -0.25) is 15.5 Å². The fraction of sp³-hybridized carbons (Fsp3) is 0.0435. The zero-order valence-corrected chi connectivity index (χ0v) is 17.8. The van der Waals surface area contributed by atoms with Gasteiger partial charge in [-0.15, -0.1) is 0 Å². The molecule has 31 heavy (non-hydrogen) atoms. The molecule has 0 unspecified atom stereocenters. The summed E-state index contributed by atoms with van der Waals surface area (Å²) in [6, 6.07) is 22.8. The van der Waals surface area contributed by atoms with E-state index in [4.69, 9.17) is 4.74 Å². The van der Waals surface area contributed by atoms with Crippen molar-refractivity contribution in [2.45, 2.75) is 6.61 Å². The van der Waals surface area contributed by atoms with Crippen LogP contribution in [-0.2, 0) is 6.61 Å². The highest BCUT2D eigenvalue weighted by molar-refractivity contribution is 9.10. The van der Waals surface area contributed by atoms with Gasteiger partial charge in [0.15, 0.2) is 0 Å². The normalized spacial score (nSPS) is 11.0. The van der Waals surface area contributed by atoms with E-state index in [0.29, 0.717) is 12.4 Å². The minimum Gasteiger partial charge on any atom is -0.488 e. The van der Waals surface area contributed by atoms with E-state index in [2.05, 4.69) is 55.7 Å². The Kier molecular flexibility index (Phi) is 6.18. The highest BCUT2D eigenvalue weighted by atomic mass is 79.9. The number of nitrogens with one attached hydrogen (secondary N) is 1. The van der Waals surface area contributed by atoms with Crippen LogP contribution >= 0.6 is 15.9 Å². The van der Waals surface area contributed by atoms with Gasteiger partial charge in [0.05, 0.1) is 15.6 Å². The number of halogens is 1. The molecular weight excluding hydrogens is 460 g/mol. The molecule has 1 heterocycles. The van der Waals surface area contributed by atoms with Crippen LogP contribution in [0.15, 0.2) is 88.6 Å². The summed E-state index contributed by atoms with van der Waals surface area (Å²) in [5, 5.41) is 17.4. The van der Waals surface area contributed by atoms with Crippen molar-refractivity contribution >= 4 is 44.4 Å². The first-order valence-corrected chi connectivity index (χ1v) is 10.2. The van der Waals surface area contributed by atoms with Crippen molar-refractivity contribution in [3.8, 4) is 5.75 Å². The van der Waals surface area contributed by atoms with Crippen LogP contribution in [0.1, 0.15) is 11.1 Å². The summed E-state index contributed by atoms with van der Waals surface area (Å²) in [7, 11) is 0. The van der Waals surface area contributed by atoms with Gasteiger partial charge < -0.3 is 4.74 Å². The van der Waals surface area contributed by atoms with Gasteiger partial charge in [-0.2, -0.15) is 5.10 Å². The molecule has 7 nitrogen and oxygen atoms in total. The molecular formula is C23H17BrN4O3. The van der Waals surface area contributed by atoms with Crippen LogP contribution in [0.3, 0.4) is 0 Å². The van der Waals surface area contributed by atoms with Crippen molar-refractivity contribution in [3.05, 3.63) is 105 Å². The maximum atomic E-state index is 11.0. The minimum atomic E-state index is -0.510. The number of anilines is 1. The lowest BCUT2D eigenvalue weighted by atomic mass is 10.1. The fourth-order valence-electron chi connectivity index (χ4n) is 3.09. The van der Waals surface area contributed by atoms with Crippen molar-refractivity contribution in [2.75, 3.05) is 5.43 Å². The summed E-state index contributed by atoms with van der Waals surface area (Å²) in [4.78, 5) is 14.5. The smallest absolute Gasteiger partial charge is 0.313 e. The number of ether oxygens (including phenoxy) is 1. The van der Waals surface area contributed by atoms with Crippen molar-refractivity contribution in [1.29, 1.82) is 0 Å². The topological polar surface area (TPSA) is 89.7 Å². The molecule has 1 aromatic heterocycles. The van der Waals surface area contributed by atoms with Gasteiger partial charge in [0.25, 0.3) is 0 Å². The molecule has 0 spiro atoms. The molecule has 1 N–H and O–H groups in total. The second kappa shape index (κ2) is 9.36. The largest absolute Gasteiger partial charge is 0.488 e. The average Bonchev–Trinajstić information content (AvgIpc) is 2.79. The molecule has 154 valence electrons. The van der Waals surface area contributed by atoms with Crippen molar-refractivity contribution < 1.29 is 9.66 Å². The van der Waals surface area contributed by atoms with Crippen LogP contribution < -0.4 is 10.2 Å². The fourth-order valence-corrected chi connectivity index (χ4v) is 3.60. The van der Waals surface area contributed by atoms with Gasteiger partial charge in [-0.1, -0.05) is 42.5 Å². The number of nitro groups is 1. The Balaban J connectivity index is 1.43. The lowest BCUT2D eigenvalue weighted by Crippen LogP contribution is -1.99. The molecule has 0 radical (unpaired) electrons. The quantitative estimate of drug-likeness (QED) is 0.202. The van der Waals surface area contributed by atoms with Gasteiger partial charge in [-0.25, -0.2) is 4.98 Å². The number of fused-ring (bicyclic) bond motifs is 1. The number of pyridine rings is 1. The SMILES string of the molecule is O=[N+]([O-])c1cccnc1N/N=C/c1ccc(OCc2cccc3ccccc23)c(Br)c1. The molecule has 0 aliphatic heterocycles. The molecule has 0 fully saturated rings. The van der Waals surface area contributed by atoms with Crippen LogP contribution in [0, 0.1) is 10.1 Å². The zero-order valence-electron chi connectivity index (χ0n) is 16.2. The van der Waals surface area contributed by atoms with Crippen LogP contribution in [-0.4, -0.2) is 16.1 Å². The Morgan fingerprint density at radius 3 is 2.77 bits per heavy atom. The number of hydrazone groups is 1. The predicted molar refractivity (Wildman–Crippen MR) is 125 cm³/mol. The van der Waals surface area contributed by atoms with Crippen molar-refractivity contribution in [3.63, 3.8) is 0 Å². The van der Waals surface area contributed by atoms with Gasteiger partial charge >= 0.3 is 5.69 Å². The Bertz CT molecular complexity index is 1270. The average molecular weight is 477 g/mol. The molecule has 0 saturated carbocycles. The number of hydrogen-bond donors (Lipinski definition) is 1. The van der Waals surface area contributed by atoms with E-state index in [0.717, 1.165) is 15.6 Å². The number of hydrogen-bond acceptors (Lipinski definition) is 6. The Morgan fingerprint density at radius 2 is 1.94 bits per heavy atom. The minimum absolute atomic E-state index is 0.0813. The summed E-state index contributed by atoms with van der Waals surface area (Å²) in [5.41, 5.74) is 4.37. The molecule has 0 atom stereocenters. The number of nitrogens with zero attached hydrogens (tertiary/aromatic N) is 3. The first kappa shape index (κ1) is 20.5. The highest BCUT2D eigenvalue weighted by Gasteiger charge is 2.13. The van der Waals surface area contributed by atoms with E-state index in [1.54, 1.807) is 6.21 Å². The molecule has 3 aromatic carbocycles. The lowest BCUT2D eigenvalue weighted by Gasteiger charge is -2.11. The molecule has 0 bridgehead atoms. The first-order valence-electron chi connectivity index (χ1n) is 9.39. The lowest BCUT2D eigenvalue weighted by molar-refractivity contribution is -0.384. The second-order valence-electron chi connectivity index (χ2n) is 6.62. The van der Waals surface area contributed by atoms with E-state index < -0.39 is 4.92 Å². The van der Waals surface area contributed by atoms with Gasteiger partial charge in [0, 0.05) is 12.3 Å². The molecule has 0 saturated heterocycles. The van der Waals surface area contributed by atoms with Crippen LogP contribution in [0.25, 0.3) is 10.8 Å². The highest BCUT2D eigenvalue weighted by Crippen LogP contribution is 2.28. The van der Waals surface area contributed by atoms with Crippen molar-refractivity contribution in [2.24, 2.45) is 5.10 Å². The summed E-state index contributed by atoms with van der Waals surface area (Å²) < 4.78 is 6.79. The first-order chi connectivity index (χ1) is 15.1. The Labute approximate surface area is 186 Å². The number of rotatable bonds is 7. The molecule has 0 aliphatic carbocycles. The summed E-state index contributed by atoms with van der Waals surface area (Å²) >= 11 is 3.53. The van der Waals surface area contributed by atoms with E-state index in [-0.39, 0.29) is 11.5 Å². The van der Waals surface area contributed by atoms with Gasteiger partial charge in [0.1, 0.15) is 12.4 Å². The van der Waals surface area contributed by atoms with Crippen LogP contribution in [0.4, 0.5) is 11.5 Å². The molecule has 8 heteroatoms. The predicted octanol–water partition coefficient (Wildman–Crippen LogP) is 5.93. The van der Waals surface area contributed by atoms with E-state index in [1.807, 2.05) is 36.4 Å².